The van der Waals surface area contributed by atoms with Crippen LogP contribution in [-0.4, -0.2) is 41.5 Å². The number of carbonyl (C=O) groups excluding carboxylic acids is 1. The maximum Gasteiger partial charge on any atom is 0.252 e. The van der Waals surface area contributed by atoms with E-state index < -0.39 is 0 Å². The van der Waals surface area contributed by atoms with Gasteiger partial charge >= 0.3 is 0 Å². The van der Waals surface area contributed by atoms with Crippen molar-refractivity contribution in [3.63, 3.8) is 0 Å². The fraction of sp³-hybridized carbons (Fsp3) is 0.467. The highest BCUT2D eigenvalue weighted by atomic mass is 127. The molecule has 0 spiro atoms. The highest BCUT2D eigenvalue weighted by Gasteiger charge is 2.22. The molecule has 1 amide bonds. The lowest BCUT2D eigenvalue weighted by Crippen LogP contribution is -2.46. The van der Waals surface area contributed by atoms with Crippen LogP contribution >= 0.6 is 34.8 Å². The van der Waals surface area contributed by atoms with Crippen LogP contribution in [0.1, 0.15) is 28.8 Å². The SMILES string of the molecule is Cc1cccc(C(=O)NC2CCN(CC(N)=S)CC2)c1I. The van der Waals surface area contributed by atoms with Gasteiger partial charge in [-0.2, -0.15) is 0 Å². The zero-order valence-corrected chi connectivity index (χ0v) is 15.0. The van der Waals surface area contributed by atoms with Gasteiger partial charge in [-0.25, -0.2) is 0 Å². The molecular weight excluding hydrogens is 397 g/mol. The van der Waals surface area contributed by atoms with Gasteiger partial charge in [-0.3, -0.25) is 9.69 Å². The van der Waals surface area contributed by atoms with Crippen LogP contribution in [0.5, 0.6) is 0 Å². The zero-order valence-electron chi connectivity index (χ0n) is 12.1. The number of hydrogen-bond donors (Lipinski definition) is 2. The number of rotatable bonds is 4. The first kappa shape index (κ1) is 16.6. The standard InChI is InChI=1S/C15H20IN3OS/c1-10-3-2-4-12(14(10)16)15(20)18-11-5-7-19(8-6-11)9-13(17)21/h2-4,11H,5-9H2,1H3,(H2,17,21)(H,18,20). The van der Waals surface area contributed by atoms with Crippen LogP contribution in [0.3, 0.4) is 0 Å². The number of piperidine rings is 1. The summed E-state index contributed by atoms with van der Waals surface area (Å²) in [6.45, 7) is 4.54. The average molecular weight is 417 g/mol. The predicted octanol–water partition coefficient (Wildman–Crippen LogP) is 2.08. The summed E-state index contributed by atoms with van der Waals surface area (Å²) >= 11 is 7.17. The molecule has 3 N–H and O–H groups in total. The van der Waals surface area contributed by atoms with E-state index in [1.54, 1.807) is 0 Å². The first-order valence-electron chi connectivity index (χ1n) is 7.04. The summed E-state index contributed by atoms with van der Waals surface area (Å²) in [5, 5.41) is 3.14. The molecule has 4 nitrogen and oxygen atoms in total. The van der Waals surface area contributed by atoms with Crippen molar-refractivity contribution < 1.29 is 4.79 Å². The number of nitrogens with two attached hydrogens (primary N) is 1. The molecule has 0 atom stereocenters. The molecule has 1 fully saturated rings. The van der Waals surface area contributed by atoms with Crippen LogP contribution < -0.4 is 11.1 Å². The Labute approximate surface area is 144 Å². The molecule has 0 saturated carbocycles. The Morgan fingerprint density at radius 3 is 2.76 bits per heavy atom. The smallest absolute Gasteiger partial charge is 0.252 e. The second-order valence-corrected chi connectivity index (χ2v) is 7.03. The maximum atomic E-state index is 12.4. The topological polar surface area (TPSA) is 58.4 Å². The molecule has 0 bridgehead atoms. The van der Waals surface area contributed by atoms with Crippen molar-refractivity contribution in [1.29, 1.82) is 0 Å². The number of nitrogens with one attached hydrogen (secondary N) is 1. The van der Waals surface area contributed by atoms with Gasteiger partial charge in [0.15, 0.2) is 0 Å². The van der Waals surface area contributed by atoms with Crippen molar-refractivity contribution in [2.45, 2.75) is 25.8 Å². The number of nitrogens with zero attached hydrogens (tertiary/aromatic N) is 1. The molecule has 0 unspecified atom stereocenters. The third-order valence-corrected chi connectivity index (χ3v) is 5.30. The van der Waals surface area contributed by atoms with Gasteiger partial charge in [-0.15, -0.1) is 0 Å². The molecule has 6 heteroatoms. The molecule has 21 heavy (non-hydrogen) atoms. The van der Waals surface area contributed by atoms with Gasteiger partial charge in [0, 0.05) is 29.2 Å². The second-order valence-electron chi connectivity index (χ2n) is 5.43. The number of halogens is 1. The molecular formula is C15H20IN3OS. The number of thiocarbonyl (C=S) groups is 1. The number of hydrogen-bond acceptors (Lipinski definition) is 3. The molecule has 114 valence electrons. The monoisotopic (exact) mass is 417 g/mol. The molecule has 1 heterocycles. The second kappa shape index (κ2) is 7.51. The molecule has 1 aromatic rings. The summed E-state index contributed by atoms with van der Waals surface area (Å²) < 4.78 is 1.03. The Hall–Kier alpha value is -0.730. The molecule has 2 rings (SSSR count). The average Bonchev–Trinajstić information content (AvgIpc) is 2.43. The Balaban J connectivity index is 1.90. The molecule has 1 aromatic carbocycles. The lowest BCUT2D eigenvalue weighted by Gasteiger charge is -2.32. The number of likely N-dealkylation sites (tertiary alicyclic amines) is 1. The lowest BCUT2D eigenvalue weighted by molar-refractivity contribution is 0.0914. The van der Waals surface area contributed by atoms with Crippen LogP contribution in [-0.2, 0) is 0 Å². The van der Waals surface area contributed by atoms with Crippen LogP contribution in [0.4, 0.5) is 0 Å². The van der Waals surface area contributed by atoms with E-state index in [1.807, 2.05) is 25.1 Å². The fourth-order valence-corrected chi connectivity index (χ4v) is 3.33. The zero-order chi connectivity index (χ0) is 15.4. The van der Waals surface area contributed by atoms with Gasteiger partial charge in [-0.1, -0.05) is 24.4 Å². The lowest BCUT2D eigenvalue weighted by atomic mass is 10.0. The molecule has 1 saturated heterocycles. The van der Waals surface area contributed by atoms with Crippen molar-refractivity contribution in [3.05, 3.63) is 32.9 Å². The highest BCUT2D eigenvalue weighted by Crippen LogP contribution is 2.17. The summed E-state index contributed by atoms with van der Waals surface area (Å²) in [4.78, 5) is 15.1. The summed E-state index contributed by atoms with van der Waals surface area (Å²) in [7, 11) is 0. The van der Waals surface area contributed by atoms with Crippen LogP contribution in [0.25, 0.3) is 0 Å². The van der Waals surface area contributed by atoms with E-state index in [4.69, 9.17) is 18.0 Å². The first-order valence-corrected chi connectivity index (χ1v) is 8.52. The van der Waals surface area contributed by atoms with E-state index in [2.05, 4.69) is 32.8 Å². The summed E-state index contributed by atoms with van der Waals surface area (Å²) in [5.74, 6) is 0.0240. The normalized spacial score (nSPS) is 16.7. The van der Waals surface area contributed by atoms with E-state index >= 15 is 0 Å². The summed E-state index contributed by atoms with van der Waals surface area (Å²) in [6.07, 6.45) is 1.88. The van der Waals surface area contributed by atoms with E-state index in [-0.39, 0.29) is 11.9 Å². The Morgan fingerprint density at radius 1 is 1.48 bits per heavy atom. The van der Waals surface area contributed by atoms with E-state index in [0.717, 1.165) is 40.6 Å². The minimum Gasteiger partial charge on any atom is -0.392 e. The van der Waals surface area contributed by atoms with Crippen molar-refractivity contribution in [2.75, 3.05) is 19.6 Å². The summed E-state index contributed by atoms with van der Waals surface area (Å²) in [5.41, 5.74) is 7.46. The molecule has 1 aliphatic rings. The van der Waals surface area contributed by atoms with Gasteiger partial charge < -0.3 is 11.1 Å². The molecule has 0 radical (unpaired) electrons. The van der Waals surface area contributed by atoms with Gasteiger partial charge in [0.1, 0.15) is 0 Å². The first-order chi connectivity index (χ1) is 9.97. The van der Waals surface area contributed by atoms with E-state index in [9.17, 15) is 4.79 Å². The third-order valence-electron chi connectivity index (χ3n) is 3.74. The fourth-order valence-electron chi connectivity index (χ4n) is 2.54. The van der Waals surface area contributed by atoms with Crippen LogP contribution in [0.15, 0.2) is 18.2 Å². The number of aryl methyl sites for hydroxylation is 1. The predicted molar refractivity (Wildman–Crippen MR) is 97.6 cm³/mol. The van der Waals surface area contributed by atoms with Crippen molar-refractivity contribution >= 4 is 45.7 Å². The van der Waals surface area contributed by atoms with E-state index in [0.29, 0.717) is 11.5 Å². The highest BCUT2D eigenvalue weighted by molar-refractivity contribution is 14.1. The quantitative estimate of drug-likeness (QED) is 0.582. The van der Waals surface area contributed by atoms with Crippen LogP contribution in [0, 0.1) is 10.5 Å². The van der Waals surface area contributed by atoms with Gasteiger partial charge in [-0.05, 0) is 54.0 Å². The summed E-state index contributed by atoms with van der Waals surface area (Å²) in [6, 6.07) is 6.06. The van der Waals surface area contributed by atoms with Gasteiger partial charge in [0.25, 0.3) is 5.91 Å². The van der Waals surface area contributed by atoms with E-state index in [1.165, 1.54) is 0 Å². The van der Waals surface area contributed by atoms with Crippen molar-refractivity contribution in [1.82, 2.24) is 10.2 Å². The molecule has 1 aliphatic heterocycles. The Bertz CT molecular complexity index is 542. The Kier molecular flexibility index (Phi) is 5.95. The van der Waals surface area contributed by atoms with Crippen molar-refractivity contribution in [3.8, 4) is 0 Å². The third kappa shape index (κ3) is 4.62. The van der Waals surface area contributed by atoms with Gasteiger partial charge in [0.2, 0.25) is 0 Å². The Morgan fingerprint density at radius 2 is 2.14 bits per heavy atom. The number of amides is 1. The van der Waals surface area contributed by atoms with Crippen LogP contribution in [0.2, 0.25) is 0 Å². The maximum absolute atomic E-state index is 12.4. The van der Waals surface area contributed by atoms with Gasteiger partial charge in [0.05, 0.1) is 10.6 Å². The number of benzene rings is 1. The minimum absolute atomic E-state index is 0.0240. The minimum atomic E-state index is 0.0240. The largest absolute Gasteiger partial charge is 0.392 e. The molecule has 0 aromatic heterocycles. The number of carbonyl (C=O) groups is 1. The van der Waals surface area contributed by atoms with Crippen molar-refractivity contribution in [2.24, 2.45) is 5.73 Å². The molecule has 0 aliphatic carbocycles.